The Bertz CT molecular complexity index is 787. The van der Waals surface area contributed by atoms with E-state index in [4.69, 9.17) is 0 Å². The third-order valence-corrected chi connectivity index (χ3v) is 4.03. The summed E-state index contributed by atoms with van der Waals surface area (Å²) >= 11 is 0. The number of carbonyl (C=O) groups is 2. The van der Waals surface area contributed by atoms with E-state index in [-0.39, 0.29) is 11.4 Å². The fourth-order valence-corrected chi connectivity index (χ4v) is 2.86. The highest BCUT2D eigenvalue weighted by molar-refractivity contribution is 6.02. The first-order valence-electron chi connectivity index (χ1n) is 8.18. The second-order valence-corrected chi connectivity index (χ2v) is 7.10. The van der Waals surface area contributed by atoms with Crippen LogP contribution in [0.15, 0.2) is 24.7 Å². The Hall–Kier alpha value is -2.84. The molecule has 3 heterocycles. The van der Waals surface area contributed by atoms with Crippen LogP contribution >= 0.6 is 0 Å². The van der Waals surface area contributed by atoms with Crippen molar-refractivity contribution in [3.63, 3.8) is 0 Å². The average molecular weight is 345 g/mol. The van der Waals surface area contributed by atoms with Crippen LogP contribution in [0.4, 0.5) is 16.3 Å². The van der Waals surface area contributed by atoms with Crippen molar-refractivity contribution in [3.05, 3.63) is 24.7 Å². The van der Waals surface area contributed by atoms with Crippen LogP contribution in [-0.4, -0.2) is 44.1 Å². The lowest BCUT2D eigenvalue weighted by Crippen LogP contribution is -2.44. The summed E-state index contributed by atoms with van der Waals surface area (Å²) in [5, 5.41) is 13.8. The largest absolute Gasteiger partial charge is 0.326 e. The Balaban J connectivity index is 1.63. The molecule has 0 aliphatic carbocycles. The summed E-state index contributed by atoms with van der Waals surface area (Å²) in [5.41, 5.74) is 0.481. The molecule has 1 aliphatic heterocycles. The molecule has 134 valence electrons. The first kappa shape index (κ1) is 17.0. The van der Waals surface area contributed by atoms with Gasteiger partial charge in [0.25, 0.3) is 0 Å². The molecular formula is C16H23N7O2. The van der Waals surface area contributed by atoms with Crippen molar-refractivity contribution in [1.29, 1.82) is 0 Å². The van der Waals surface area contributed by atoms with Crippen LogP contribution in [0.25, 0.3) is 0 Å². The van der Waals surface area contributed by atoms with Gasteiger partial charge in [-0.3, -0.25) is 14.8 Å². The third kappa shape index (κ3) is 3.49. The summed E-state index contributed by atoms with van der Waals surface area (Å²) in [5.74, 6) is 0.451. The smallest absolute Gasteiger partial charge is 0.321 e. The molecule has 3 rings (SSSR count). The minimum absolute atomic E-state index is 0.132. The van der Waals surface area contributed by atoms with Gasteiger partial charge in [0.05, 0.1) is 23.6 Å². The summed E-state index contributed by atoms with van der Waals surface area (Å²) < 4.78 is 3.37. The van der Waals surface area contributed by atoms with Crippen molar-refractivity contribution in [2.45, 2.75) is 38.8 Å². The first-order valence-corrected chi connectivity index (χ1v) is 8.18. The van der Waals surface area contributed by atoms with Crippen LogP contribution in [0, 0.1) is 0 Å². The highest BCUT2D eigenvalue weighted by atomic mass is 16.2. The molecule has 1 aliphatic rings. The lowest BCUT2D eigenvalue weighted by atomic mass is 10.1. The molecule has 0 radical (unpaired) electrons. The van der Waals surface area contributed by atoms with Gasteiger partial charge < -0.3 is 10.2 Å². The van der Waals surface area contributed by atoms with Crippen LogP contribution in [0.5, 0.6) is 0 Å². The van der Waals surface area contributed by atoms with E-state index in [1.807, 2.05) is 20.8 Å². The topological polar surface area (TPSA) is 97.1 Å². The molecule has 25 heavy (non-hydrogen) atoms. The molecule has 3 amide bonds. The molecule has 0 unspecified atom stereocenters. The minimum Gasteiger partial charge on any atom is -0.326 e. The molecule has 0 aromatic carbocycles. The minimum atomic E-state index is -0.550. The number of aryl methyl sites for hydroxylation is 1. The van der Waals surface area contributed by atoms with Crippen molar-refractivity contribution < 1.29 is 9.59 Å². The summed E-state index contributed by atoms with van der Waals surface area (Å²) in [7, 11) is 1.80. The van der Waals surface area contributed by atoms with Gasteiger partial charge in [-0.2, -0.15) is 10.2 Å². The normalized spacial score (nSPS) is 17.8. The highest BCUT2D eigenvalue weighted by Crippen LogP contribution is 2.21. The second-order valence-electron chi connectivity index (χ2n) is 7.10. The van der Waals surface area contributed by atoms with Crippen molar-refractivity contribution in [2.24, 2.45) is 7.05 Å². The zero-order valence-corrected chi connectivity index (χ0v) is 14.9. The Labute approximate surface area is 146 Å². The van der Waals surface area contributed by atoms with E-state index in [9.17, 15) is 9.59 Å². The second kappa shape index (κ2) is 6.23. The zero-order chi connectivity index (χ0) is 18.2. The lowest BCUT2D eigenvalue weighted by molar-refractivity contribution is -0.118. The van der Waals surface area contributed by atoms with Gasteiger partial charge in [-0.05, 0) is 27.2 Å². The van der Waals surface area contributed by atoms with E-state index in [0.29, 0.717) is 18.8 Å². The lowest BCUT2D eigenvalue weighted by Gasteiger charge is -2.22. The SMILES string of the molecule is Cn1cc(N2CC[C@@H](NC(=O)Nc3ccnn3C(C)(C)C)C2=O)cn1. The summed E-state index contributed by atoms with van der Waals surface area (Å²) in [6.07, 6.45) is 5.61. The molecule has 0 spiro atoms. The predicted molar refractivity (Wildman–Crippen MR) is 93.3 cm³/mol. The number of carbonyl (C=O) groups excluding carboxylic acids is 2. The Morgan fingerprint density at radius 3 is 2.72 bits per heavy atom. The fourth-order valence-electron chi connectivity index (χ4n) is 2.86. The van der Waals surface area contributed by atoms with Gasteiger partial charge in [-0.1, -0.05) is 0 Å². The van der Waals surface area contributed by atoms with Gasteiger partial charge in [0.15, 0.2) is 0 Å². The van der Waals surface area contributed by atoms with Crippen molar-refractivity contribution in [2.75, 3.05) is 16.8 Å². The standard InChI is InChI=1S/C16H23N7O2/c1-16(2,3)23-13(5-7-17-23)20-15(25)19-12-6-8-22(14(12)24)11-9-18-21(4)10-11/h5,7,9-10,12H,6,8H2,1-4H3,(H2,19,20,25)/t12-/m1/s1. The summed E-state index contributed by atoms with van der Waals surface area (Å²) in [4.78, 5) is 26.4. The maximum Gasteiger partial charge on any atom is 0.321 e. The van der Waals surface area contributed by atoms with Crippen molar-refractivity contribution in [1.82, 2.24) is 24.9 Å². The Kier molecular flexibility index (Phi) is 4.23. The van der Waals surface area contributed by atoms with E-state index in [0.717, 1.165) is 5.69 Å². The zero-order valence-electron chi connectivity index (χ0n) is 14.9. The Morgan fingerprint density at radius 1 is 1.32 bits per heavy atom. The summed E-state index contributed by atoms with van der Waals surface area (Å²) in [6, 6.07) is 0.757. The monoisotopic (exact) mass is 345 g/mol. The molecule has 0 saturated carbocycles. The number of rotatable bonds is 3. The third-order valence-electron chi connectivity index (χ3n) is 4.03. The Morgan fingerprint density at radius 2 is 2.08 bits per heavy atom. The molecule has 2 aromatic rings. The fraction of sp³-hybridized carbons (Fsp3) is 0.500. The highest BCUT2D eigenvalue weighted by Gasteiger charge is 2.34. The summed E-state index contributed by atoms with van der Waals surface area (Å²) in [6.45, 7) is 6.54. The van der Waals surface area contributed by atoms with Crippen LogP contribution in [0.2, 0.25) is 0 Å². The molecular weight excluding hydrogens is 322 g/mol. The maximum absolute atomic E-state index is 12.5. The van der Waals surface area contributed by atoms with Crippen LogP contribution in [-0.2, 0) is 17.4 Å². The van der Waals surface area contributed by atoms with Gasteiger partial charge in [-0.25, -0.2) is 9.48 Å². The van der Waals surface area contributed by atoms with Crippen LogP contribution < -0.4 is 15.5 Å². The van der Waals surface area contributed by atoms with Crippen LogP contribution in [0.1, 0.15) is 27.2 Å². The van der Waals surface area contributed by atoms with Gasteiger partial charge in [0.2, 0.25) is 5.91 Å². The van der Waals surface area contributed by atoms with Gasteiger partial charge in [-0.15, -0.1) is 0 Å². The van der Waals surface area contributed by atoms with Crippen molar-refractivity contribution in [3.8, 4) is 0 Å². The number of hydrogen-bond donors (Lipinski definition) is 2. The number of amides is 3. The van der Waals surface area contributed by atoms with E-state index in [2.05, 4.69) is 20.8 Å². The average Bonchev–Trinajstić information content (AvgIpc) is 3.21. The quantitative estimate of drug-likeness (QED) is 0.876. The molecule has 2 N–H and O–H groups in total. The number of nitrogens with one attached hydrogen (secondary N) is 2. The van der Waals surface area contributed by atoms with Crippen molar-refractivity contribution >= 4 is 23.4 Å². The molecule has 1 saturated heterocycles. The number of anilines is 2. The van der Waals surface area contributed by atoms with E-state index < -0.39 is 12.1 Å². The first-order chi connectivity index (χ1) is 11.8. The maximum atomic E-state index is 12.5. The molecule has 1 atom stereocenters. The predicted octanol–water partition coefficient (Wildman–Crippen LogP) is 1.30. The van der Waals surface area contributed by atoms with E-state index >= 15 is 0 Å². The number of nitrogens with zero attached hydrogens (tertiary/aromatic N) is 5. The molecule has 1 fully saturated rings. The molecule has 9 heteroatoms. The number of aromatic nitrogens is 4. The van der Waals surface area contributed by atoms with Gasteiger partial charge in [0, 0.05) is 25.9 Å². The van der Waals surface area contributed by atoms with E-state index in [1.165, 1.54) is 0 Å². The van der Waals surface area contributed by atoms with Gasteiger partial charge >= 0.3 is 6.03 Å². The number of hydrogen-bond acceptors (Lipinski definition) is 4. The number of urea groups is 1. The molecule has 0 bridgehead atoms. The van der Waals surface area contributed by atoms with E-state index in [1.54, 1.807) is 46.0 Å². The molecule has 2 aromatic heterocycles. The van der Waals surface area contributed by atoms with Gasteiger partial charge in [0.1, 0.15) is 11.9 Å². The van der Waals surface area contributed by atoms with Crippen LogP contribution in [0.3, 0.4) is 0 Å². The molecule has 9 nitrogen and oxygen atoms in total.